The average molecular weight is 241 g/mol. The van der Waals surface area contributed by atoms with Crippen molar-refractivity contribution in [2.45, 2.75) is 6.92 Å². The molecule has 0 aliphatic rings. The van der Waals surface area contributed by atoms with Gasteiger partial charge in [0.1, 0.15) is 5.82 Å². The van der Waals surface area contributed by atoms with Gasteiger partial charge < -0.3 is 4.90 Å². The molecule has 0 fully saturated rings. The van der Waals surface area contributed by atoms with Crippen molar-refractivity contribution in [1.29, 1.82) is 0 Å². The van der Waals surface area contributed by atoms with E-state index in [4.69, 9.17) is 0 Å². The Hall–Kier alpha value is -2.30. The first-order valence-electron chi connectivity index (χ1n) is 5.64. The van der Waals surface area contributed by atoms with Gasteiger partial charge in [-0.1, -0.05) is 30.3 Å². The van der Waals surface area contributed by atoms with E-state index in [0.29, 0.717) is 17.6 Å². The van der Waals surface area contributed by atoms with Gasteiger partial charge in [-0.25, -0.2) is 9.98 Å². The molecule has 0 aliphatic carbocycles. The maximum atomic E-state index is 4.33. The molecule has 0 saturated heterocycles. The van der Waals surface area contributed by atoms with E-state index < -0.39 is 0 Å². The van der Waals surface area contributed by atoms with Gasteiger partial charge in [-0.15, -0.1) is 0 Å². The second-order valence-electron chi connectivity index (χ2n) is 4.08. The molecule has 0 aliphatic heterocycles. The molecule has 1 aromatic carbocycles. The molecule has 1 heterocycles. The highest BCUT2D eigenvalue weighted by molar-refractivity contribution is 5.59. The van der Waals surface area contributed by atoms with Crippen LogP contribution >= 0.6 is 0 Å². The molecule has 0 amide bonds. The predicted molar refractivity (Wildman–Crippen MR) is 71.8 cm³/mol. The Morgan fingerprint density at radius 1 is 1.06 bits per heavy atom. The molecule has 1 aromatic heterocycles. The highest BCUT2D eigenvalue weighted by Gasteiger charge is 2.04. The number of nitrogens with zero attached hydrogens (tertiary/aromatic N) is 5. The molecular weight excluding hydrogens is 226 g/mol. The number of benzene rings is 1. The van der Waals surface area contributed by atoms with Gasteiger partial charge in [0.05, 0.1) is 6.34 Å². The third-order valence-corrected chi connectivity index (χ3v) is 2.17. The van der Waals surface area contributed by atoms with E-state index in [-0.39, 0.29) is 0 Å². The molecule has 0 radical (unpaired) electrons. The van der Waals surface area contributed by atoms with E-state index in [0.717, 1.165) is 5.56 Å². The van der Waals surface area contributed by atoms with Crippen molar-refractivity contribution < 1.29 is 0 Å². The van der Waals surface area contributed by atoms with Crippen LogP contribution in [0.25, 0.3) is 11.4 Å². The third kappa shape index (κ3) is 3.10. The molecule has 0 atom stereocenters. The van der Waals surface area contributed by atoms with Crippen LogP contribution < -0.4 is 0 Å². The Kier molecular flexibility index (Phi) is 3.62. The van der Waals surface area contributed by atoms with E-state index in [1.165, 1.54) is 0 Å². The SMILES string of the molecule is Cc1nc(N=CN(C)C)nc(-c2ccccc2)n1. The number of aliphatic imine (C=N–C) groups is 1. The first-order chi connectivity index (χ1) is 8.65. The Balaban J connectivity index is 2.38. The smallest absolute Gasteiger partial charge is 0.254 e. The van der Waals surface area contributed by atoms with Crippen molar-refractivity contribution in [3.8, 4) is 11.4 Å². The predicted octanol–water partition coefficient (Wildman–Crippen LogP) is 2.07. The van der Waals surface area contributed by atoms with Gasteiger partial charge in [0.2, 0.25) is 0 Å². The summed E-state index contributed by atoms with van der Waals surface area (Å²) in [6, 6.07) is 9.81. The minimum Gasteiger partial charge on any atom is -0.369 e. The minimum absolute atomic E-state index is 0.426. The molecule has 0 N–H and O–H groups in total. The van der Waals surface area contributed by atoms with Gasteiger partial charge in [0.25, 0.3) is 5.95 Å². The fraction of sp³-hybridized carbons (Fsp3) is 0.231. The van der Waals surface area contributed by atoms with Crippen LogP contribution in [0.15, 0.2) is 35.3 Å². The zero-order valence-electron chi connectivity index (χ0n) is 10.7. The third-order valence-electron chi connectivity index (χ3n) is 2.17. The van der Waals surface area contributed by atoms with Crippen LogP contribution in [0.2, 0.25) is 0 Å². The minimum atomic E-state index is 0.426. The van der Waals surface area contributed by atoms with Gasteiger partial charge in [0.15, 0.2) is 5.82 Å². The van der Waals surface area contributed by atoms with Gasteiger partial charge in [-0.2, -0.15) is 9.97 Å². The van der Waals surface area contributed by atoms with E-state index in [1.807, 2.05) is 56.3 Å². The molecule has 18 heavy (non-hydrogen) atoms. The van der Waals surface area contributed by atoms with Crippen LogP contribution in [0.4, 0.5) is 5.95 Å². The van der Waals surface area contributed by atoms with Crippen molar-refractivity contribution in [2.24, 2.45) is 4.99 Å². The summed E-state index contributed by atoms with van der Waals surface area (Å²) in [5.74, 6) is 1.74. The fourth-order valence-electron chi connectivity index (χ4n) is 1.41. The number of aryl methyl sites for hydroxylation is 1. The molecule has 0 saturated carbocycles. The summed E-state index contributed by atoms with van der Waals surface area (Å²) in [7, 11) is 3.80. The summed E-state index contributed by atoms with van der Waals surface area (Å²) in [4.78, 5) is 18.9. The summed E-state index contributed by atoms with van der Waals surface area (Å²) in [6.07, 6.45) is 1.67. The van der Waals surface area contributed by atoms with Crippen LogP contribution in [0.1, 0.15) is 5.82 Å². The van der Waals surface area contributed by atoms with Crippen LogP contribution in [0.3, 0.4) is 0 Å². The summed E-state index contributed by atoms with van der Waals surface area (Å²) >= 11 is 0. The van der Waals surface area contributed by atoms with E-state index in [9.17, 15) is 0 Å². The Bertz CT molecular complexity index is 549. The van der Waals surface area contributed by atoms with Crippen LogP contribution in [0, 0.1) is 6.92 Å². The highest BCUT2D eigenvalue weighted by atomic mass is 15.2. The largest absolute Gasteiger partial charge is 0.369 e. The van der Waals surface area contributed by atoms with E-state index >= 15 is 0 Å². The summed E-state index contributed by atoms with van der Waals surface area (Å²) in [5.41, 5.74) is 0.962. The normalized spacial score (nSPS) is 10.8. The van der Waals surface area contributed by atoms with Gasteiger partial charge in [-0.05, 0) is 6.92 Å². The van der Waals surface area contributed by atoms with E-state index in [1.54, 1.807) is 6.34 Å². The molecule has 0 spiro atoms. The number of aromatic nitrogens is 3. The Morgan fingerprint density at radius 2 is 1.78 bits per heavy atom. The monoisotopic (exact) mass is 241 g/mol. The zero-order valence-corrected chi connectivity index (χ0v) is 10.7. The highest BCUT2D eigenvalue weighted by Crippen LogP contribution is 2.16. The van der Waals surface area contributed by atoms with Crippen molar-refractivity contribution in [2.75, 3.05) is 14.1 Å². The molecule has 2 rings (SSSR count). The Morgan fingerprint density at radius 3 is 2.44 bits per heavy atom. The lowest BCUT2D eigenvalue weighted by Gasteiger charge is -2.04. The van der Waals surface area contributed by atoms with Crippen molar-refractivity contribution in [3.05, 3.63) is 36.2 Å². The fourth-order valence-corrected chi connectivity index (χ4v) is 1.41. The lowest BCUT2D eigenvalue weighted by Crippen LogP contribution is -2.07. The Labute approximate surface area is 106 Å². The molecular formula is C13H15N5. The van der Waals surface area contributed by atoms with Crippen molar-refractivity contribution >= 4 is 12.3 Å². The maximum absolute atomic E-state index is 4.33. The first kappa shape index (κ1) is 12.2. The molecule has 5 heteroatoms. The quantitative estimate of drug-likeness (QED) is 0.609. The van der Waals surface area contributed by atoms with E-state index in [2.05, 4.69) is 19.9 Å². The lowest BCUT2D eigenvalue weighted by molar-refractivity contribution is 0.642. The second kappa shape index (κ2) is 5.35. The molecule has 0 unspecified atom stereocenters. The summed E-state index contributed by atoms with van der Waals surface area (Å²) in [6.45, 7) is 1.84. The number of hydrogen-bond donors (Lipinski definition) is 0. The molecule has 5 nitrogen and oxygen atoms in total. The van der Waals surface area contributed by atoms with Crippen molar-refractivity contribution in [1.82, 2.24) is 19.9 Å². The lowest BCUT2D eigenvalue weighted by atomic mass is 10.2. The topological polar surface area (TPSA) is 54.3 Å². The molecule has 2 aromatic rings. The van der Waals surface area contributed by atoms with Gasteiger partial charge in [-0.3, -0.25) is 0 Å². The second-order valence-corrected chi connectivity index (χ2v) is 4.08. The average Bonchev–Trinajstić information content (AvgIpc) is 2.37. The van der Waals surface area contributed by atoms with Crippen LogP contribution in [-0.2, 0) is 0 Å². The van der Waals surface area contributed by atoms with Gasteiger partial charge >= 0.3 is 0 Å². The summed E-state index contributed by atoms with van der Waals surface area (Å²) < 4.78 is 0. The maximum Gasteiger partial charge on any atom is 0.254 e. The molecule has 0 bridgehead atoms. The van der Waals surface area contributed by atoms with Crippen LogP contribution in [-0.4, -0.2) is 40.3 Å². The standard InChI is InChI=1S/C13H15N5/c1-10-15-12(11-7-5-4-6-8-11)17-13(16-10)14-9-18(2)3/h4-9H,1-3H3. The number of hydrogen-bond acceptors (Lipinski definition) is 4. The van der Waals surface area contributed by atoms with Gasteiger partial charge in [0, 0.05) is 19.7 Å². The van der Waals surface area contributed by atoms with Crippen molar-refractivity contribution in [3.63, 3.8) is 0 Å². The number of rotatable bonds is 3. The zero-order chi connectivity index (χ0) is 13.0. The summed E-state index contributed by atoms with van der Waals surface area (Å²) in [5, 5.41) is 0. The first-order valence-corrected chi connectivity index (χ1v) is 5.64. The van der Waals surface area contributed by atoms with Crippen LogP contribution in [0.5, 0.6) is 0 Å². The molecule has 92 valence electrons.